The number of allylic oxidation sites excluding steroid dienone is 1. The number of hydrogen-bond acceptors (Lipinski definition) is 1. The van der Waals surface area contributed by atoms with Crippen LogP contribution in [0.4, 0.5) is 0 Å². The molecule has 1 nitrogen and oxygen atoms in total. The minimum atomic E-state index is -1.99. The van der Waals surface area contributed by atoms with Crippen molar-refractivity contribution in [3.8, 4) is 6.07 Å². The molecule has 0 radical (unpaired) electrons. The van der Waals surface area contributed by atoms with Crippen LogP contribution in [-0.4, -0.2) is 0 Å². The monoisotopic (exact) mass is 356 g/mol. The summed E-state index contributed by atoms with van der Waals surface area (Å²) in [7, 11) is -1.99. The molecular weight excluding hydrogens is 333 g/mol. The van der Waals surface area contributed by atoms with Crippen molar-refractivity contribution in [2.24, 2.45) is 0 Å². The second kappa shape index (κ2) is 8.61. The summed E-state index contributed by atoms with van der Waals surface area (Å²) in [5.74, 6) is 0. The quantitative estimate of drug-likeness (QED) is 0.422. The SMILES string of the molecule is C=C(CCCC#N)[P+](c1ccccc1)(c1ccccc1)c1ccccc1. The number of unbranched alkanes of at least 4 members (excludes halogenated alkanes) is 1. The Morgan fingerprint density at radius 3 is 1.46 bits per heavy atom. The van der Waals surface area contributed by atoms with E-state index in [1.165, 1.54) is 21.2 Å². The van der Waals surface area contributed by atoms with Crippen molar-refractivity contribution >= 4 is 23.2 Å². The fourth-order valence-corrected chi connectivity index (χ4v) is 7.83. The highest BCUT2D eigenvalue weighted by Gasteiger charge is 2.47. The molecule has 3 rings (SSSR count). The Bertz CT molecular complexity index is 783. The Morgan fingerprint density at radius 2 is 1.12 bits per heavy atom. The summed E-state index contributed by atoms with van der Waals surface area (Å²) in [6, 6.07) is 34.5. The summed E-state index contributed by atoms with van der Waals surface area (Å²) in [5, 5.41) is 14.2. The molecular formula is C24H23NP+. The van der Waals surface area contributed by atoms with Crippen molar-refractivity contribution in [2.75, 3.05) is 0 Å². The van der Waals surface area contributed by atoms with Gasteiger partial charge in [0, 0.05) is 12.8 Å². The molecule has 0 unspecified atom stereocenters. The van der Waals surface area contributed by atoms with E-state index in [1.54, 1.807) is 0 Å². The molecule has 0 bridgehead atoms. The molecule has 0 saturated carbocycles. The third-order valence-electron chi connectivity index (χ3n) is 4.66. The summed E-state index contributed by atoms with van der Waals surface area (Å²) in [5.41, 5.74) is 0. The van der Waals surface area contributed by atoms with Crippen LogP contribution in [0.25, 0.3) is 0 Å². The lowest BCUT2D eigenvalue weighted by molar-refractivity contribution is 0.868. The van der Waals surface area contributed by atoms with Gasteiger partial charge < -0.3 is 0 Å². The lowest BCUT2D eigenvalue weighted by Crippen LogP contribution is -2.32. The lowest BCUT2D eigenvalue weighted by atomic mass is 10.2. The number of benzene rings is 3. The van der Waals surface area contributed by atoms with Crippen molar-refractivity contribution in [1.82, 2.24) is 0 Å². The van der Waals surface area contributed by atoms with Gasteiger partial charge in [-0.05, 0) is 42.8 Å². The molecule has 2 heteroatoms. The van der Waals surface area contributed by atoms with Gasteiger partial charge >= 0.3 is 0 Å². The third-order valence-corrected chi connectivity index (χ3v) is 9.05. The van der Waals surface area contributed by atoms with E-state index in [-0.39, 0.29) is 0 Å². The smallest absolute Gasteiger partial charge is 0.139 e. The molecule has 0 aliphatic carbocycles. The first-order valence-corrected chi connectivity index (χ1v) is 10.7. The first-order valence-electron chi connectivity index (χ1n) is 8.91. The van der Waals surface area contributed by atoms with Crippen molar-refractivity contribution in [1.29, 1.82) is 5.26 Å². The van der Waals surface area contributed by atoms with E-state index >= 15 is 0 Å². The van der Waals surface area contributed by atoms with E-state index in [9.17, 15) is 0 Å². The Labute approximate surface area is 157 Å². The fourth-order valence-electron chi connectivity index (χ4n) is 3.49. The summed E-state index contributed by atoms with van der Waals surface area (Å²) >= 11 is 0. The predicted molar refractivity (Wildman–Crippen MR) is 114 cm³/mol. The lowest BCUT2D eigenvalue weighted by Gasteiger charge is -2.29. The highest BCUT2D eigenvalue weighted by Crippen LogP contribution is 2.63. The van der Waals surface area contributed by atoms with E-state index in [0.717, 1.165) is 12.8 Å². The van der Waals surface area contributed by atoms with Gasteiger partial charge in [-0.2, -0.15) is 5.26 Å². The van der Waals surface area contributed by atoms with Gasteiger partial charge in [0.25, 0.3) is 0 Å². The Hall–Kier alpha value is -2.68. The van der Waals surface area contributed by atoms with Crippen molar-refractivity contribution in [3.05, 3.63) is 103 Å². The molecule has 128 valence electrons. The fraction of sp³-hybridized carbons (Fsp3) is 0.125. The van der Waals surface area contributed by atoms with Crippen LogP contribution in [0.15, 0.2) is 103 Å². The largest absolute Gasteiger partial charge is 0.198 e. The molecule has 0 heterocycles. The molecule has 0 spiro atoms. The first-order chi connectivity index (χ1) is 12.8. The van der Waals surface area contributed by atoms with Crippen LogP contribution in [0, 0.1) is 11.3 Å². The average Bonchev–Trinajstić information content (AvgIpc) is 2.71. The van der Waals surface area contributed by atoms with Gasteiger partial charge in [-0.3, -0.25) is 0 Å². The maximum Gasteiger partial charge on any atom is 0.139 e. The van der Waals surface area contributed by atoms with Gasteiger partial charge in [-0.1, -0.05) is 61.2 Å². The summed E-state index contributed by atoms with van der Waals surface area (Å²) in [6.45, 7) is 4.57. The van der Waals surface area contributed by atoms with Gasteiger partial charge in [0.05, 0.1) is 11.4 Å². The zero-order chi connectivity index (χ0) is 18.2. The Balaban J connectivity index is 2.25. The predicted octanol–water partition coefficient (Wildman–Crippen LogP) is 5.19. The zero-order valence-electron chi connectivity index (χ0n) is 14.9. The minimum absolute atomic E-state index is 0.567. The maximum atomic E-state index is 8.96. The van der Waals surface area contributed by atoms with Gasteiger partial charge in [0.15, 0.2) is 0 Å². The van der Waals surface area contributed by atoms with Crippen LogP contribution in [0.2, 0.25) is 0 Å². The van der Waals surface area contributed by atoms with Gasteiger partial charge in [-0.25, -0.2) is 0 Å². The van der Waals surface area contributed by atoms with Crippen molar-refractivity contribution < 1.29 is 0 Å². The van der Waals surface area contributed by atoms with Gasteiger partial charge in [-0.15, -0.1) is 0 Å². The molecule has 0 saturated heterocycles. The molecule has 0 fully saturated rings. The number of nitrogens with zero attached hydrogens (tertiary/aromatic N) is 1. The first kappa shape index (κ1) is 18.1. The van der Waals surface area contributed by atoms with E-state index < -0.39 is 7.26 Å². The van der Waals surface area contributed by atoms with E-state index in [1.807, 2.05) is 0 Å². The molecule has 3 aromatic rings. The van der Waals surface area contributed by atoms with Crippen LogP contribution in [0.1, 0.15) is 19.3 Å². The maximum absolute atomic E-state index is 8.96. The van der Waals surface area contributed by atoms with E-state index in [2.05, 4.69) is 104 Å². The third kappa shape index (κ3) is 3.48. The highest BCUT2D eigenvalue weighted by atomic mass is 31.2. The molecule has 0 N–H and O–H groups in total. The summed E-state index contributed by atoms with van der Waals surface area (Å²) < 4.78 is 0. The molecule has 3 aromatic carbocycles. The van der Waals surface area contributed by atoms with Crippen LogP contribution < -0.4 is 15.9 Å². The zero-order valence-corrected chi connectivity index (χ0v) is 15.8. The normalized spacial score (nSPS) is 10.9. The number of hydrogen-bond donors (Lipinski definition) is 0. The molecule has 0 atom stereocenters. The van der Waals surface area contributed by atoms with E-state index in [4.69, 9.17) is 5.26 Å². The second-order valence-corrected chi connectivity index (χ2v) is 9.78. The van der Waals surface area contributed by atoms with Crippen LogP contribution in [-0.2, 0) is 0 Å². The van der Waals surface area contributed by atoms with E-state index in [0.29, 0.717) is 6.42 Å². The molecule has 0 aliphatic rings. The topological polar surface area (TPSA) is 23.8 Å². The van der Waals surface area contributed by atoms with Crippen molar-refractivity contribution in [2.45, 2.75) is 19.3 Å². The summed E-state index contributed by atoms with van der Waals surface area (Å²) in [6.07, 6.45) is 2.28. The summed E-state index contributed by atoms with van der Waals surface area (Å²) in [4.78, 5) is 0. The Kier molecular flexibility index (Phi) is 6.00. The van der Waals surface area contributed by atoms with Gasteiger partial charge in [0.2, 0.25) is 0 Å². The van der Waals surface area contributed by atoms with Crippen LogP contribution >= 0.6 is 7.26 Å². The molecule has 0 amide bonds. The average molecular weight is 356 g/mol. The Morgan fingerprint density at radius 1 is 0.731 bits per heavy atom. The minimum Gasteiger partial charge on any atom is -0.198 e. The van der Waals surface area contributed by atoms with Crippen LogP contribution in [0.5, 0.6) is 0 Å². The highest BCUT2D eigenvalue weighted by molar-refractivity contribution is 7.99. The second-order valence-electron chi connectivity index (χ2n) is 6.26. The molecule has 26 heavy (non-hydrogen) atoms. The number of rotatable bonds is 7. The van der Waals surface area contributed by atoms with Gasteiger partial charge in [0.1, 0.15) is 23.2 Å². The van der Waals surface area contributed by atoms with Crippen molar-refractivity contribution in [3.63, 3.8) is 0 Å². The molecule has 0 aliphatic heterocycles. The number of nitriles is 1. The molecule has 0 aromatic heterocycles. The van der Waals surface area contributed by atoms with Crippen LogP contribution in [0.3, 0.4) is 0 Å². The standard InChI is InChI=1S/C24H23NP/c1-21(13-11-12-20-25)26(22-14-5-2-6-15-22,23-16-7-3-8-17-23)24-18-9-4-10-19-24/h2-10,14-19H,1,11-13H2/q+1.